The Labute approximate surface area is 112 Å². The molecule has 106 valence electrons. The van der Waals surface area contributed by atoms with Crippen LogP contribution in [0.5, 0.6) is 0 Å². The van der Waals surface area contributed by atoms with E-state index in [-0.39, 0.29) is 6.04 Å². The van der Waals surface area contributed by atoms with E-state index in [1.54, 1.807) is 13.0 Å². The van der Waals surface area contributed by atoms with Gasteiger partial charge in [0.25, 0.3) is 0 Å². The van der Waals surface area contributed by atoms with Gasteiger partial charge in [-0.2, -0.15) is 13.2 Å². The van der Waals surface area contributed by atoms with Crippen molar-refractivity contribution in [3.63, 3.8) is 0 Å². The van der Waals surface area contributed by atoms with Crippen LogP contribution in [0.25, 0.3) is 0 Å². The monoisotopic (exact) mass is 271 g/mol. The lowest BCUT2D eigenvalue weighted by Crippen LogP contribution is -2.24. The number of aryl methyl sites for hydroxylation is 1. The third kappa shape index (κ3) is 3.30. The topological polar surface area (TPSA) is 26.0 Å². The van der Waals surface area contributed by atoms with Crippen molar-refractivity contribution in [3.05, 3.63) is 34.9 Å². The average Bonchev–Trinajstić information content (AvgIpc) is 2.38. The Morgan fingerprint density at radius 1 is 1.16 bits per heavy atom. The summed E-state index contributed by atoms with van der Waals surface area (Å²) < 4.78 is 37.9. The fourth-order valence-electron chi connectivity index (χ4n) is 2.97. The summed E-state index contributed by atoms with van der Waals surface area (Å²) in [6.45, 7) is 1.72. The maximum absolute atomic E-state index is 12.6. The maximum Gasteiger partial charge on any atom is 0.416 e. The SMILES string of the molecule is Cc1cc(C(F)(F)F)ccc1C(N)C1CCCCC1. The quantitative estimate of drug-likeness (QED) is 0.836. The van der Waals surface area contributed by atoms with E-state index in [4.69, 9.17) is 5.73 Å². The Bertz CT molecular complexity index is 434. The highest BCUT2D eigenvalue weighted by molar-refractivity contribution is 5.34. The first-order chi connectivity index (χ1) is 8.89. The normalized spacial score (nSPS) is 19.4. The third-order valence-electron chi connectivity index (χ3n) is 4.11. The number of nitrogens with two attached hydrogens (primary N) is 1. The summed E-state index contributed by atoms with van der Waals surface area (Å²) in [5.74, 6) is 0.407. The molecule has 0 spiro atoms. The van der Waals surface area contributed by atoms with Gasteiger partial charge in [-0.3, -0.25) is 0 Å². The summed E-state index contributed by atoms with van der Waals surface area (Å²) in [6.07, 6.45) is 1.49. The van der Waals surface area contributed by atoms with Crippen LogP contribution < -0.4 is 5.73 Å². The largest absolute Gasteiger partial charge is 0.416 e. The highest BCUT2D eigenvalue weighted by Gasteiger charge is 2.31. The van der Waals surface area contributed by atoms with E-state index in [0.29, 0.717) is 11.5 Å². The van der Waals surface area contributed by atoms with Gasteiger partial charge >= 0.3 is 6.18 Å². The van der Waals surface area contributed by atoms with Gasteiger partial charge in [-0.1, -0.05) is 25.3 Å². The van der Waals surface area contributed by atoms with Crippen molar-refractivity contribution >= 4 is 0 Å². The number of rotatable bonds is 2. The predicted molar refractivity (Wildman–Crippen MR) is 69.7 cm³/mol. The first kappa shape index (κ1) is 14.4. The first-order valence-electron chi connectivity index (χ1n) is 6.83. The van der Waals surface area contributed by atoms with E-state index >= 15 is 0 Å². The molecule has 0 radical (unpaired) electrons. The molecule has 1 unspecified atom stereocenters. The van der Waals surface area contributed by atoms with Crippen LogP contribution in [0.2, 0.25) is 0 Å². The Morgan fingerprint density at radius 3 is 2.32 bits per heavy atom. The molecule has 1 aliphatic carbocycles. The second-order valence-electron chi connectivity index (χ2n) is 5.49. The van der Waals surface area contributed by atoms with Crippen molar-refractivity contribution in [1.29, 1.82) is 0 Å². The van der Waals surface area contributed by atoms with Crippen molar-refractivity contribution in [3.8, 4) is 0 Å². The highest BCUT2D eigenvalue weighted by atomic mass is 19.4. The molecule has 1 aliphatic rings. The standard InChI is InChI=1S/C15H20F3N/c1-10-9-12(15(16,17)18)7-8-13(10)14(19)11-5-3-2-4-6-11/h7-9,11,14H,2-6,19H2,1H3. The second-order valence-corrected chi connectivity index (χ2v) is 5.49. The van der Waals surface area contributed by atoms with Gasteiger partial charge in [0.15, 0.2) is 0 Å². The molecule has 0 heterocycles. The zero-order chi connectivity index (χ0) is 14.0. The van der Waals surface area contributed by atoms with Gasteiger partial charge in [0.2, 0.25) is 0 Å². The minimum absolute atomic E-state index is 0.136. The summed E-state index contributed by atoms with van der Waals surface area (Å²) in [5, 5.41) is 0. The highest BCUT2D eigenvalue weighted by Crippen LogP contribution is 2.36. The van der Waals surface area contributed by atoms with E-state index in [0.717, 1.165) is 24.5 Å². The van der Waals surface area contributed by atoms with Gasteiger partial charge < -0.3 is 5.73 Å². The third-order valence-corrected chi connectivity index (χ3v) is 4.11. The van der Waals surface area contributed by atoms with Crippen molar-refractivity contribution in [2.45, 2.75) is 51.2 Å². The lowest BCUT2D eigenvalue weighted by atomic mass is 9.80. The molecule has 1 aromatic carbocycles. The molecular formula is C15H20F3N. The molecule has 1 nitrogen and oxygen atoms in total. The molecule has 19 heavy (non-hydrogen) atoms. The fraction of sp³-hybridized carbons (Fsp3) is 0.600. The van der Waals surface area contributed by atoms with Crippen molar-refractivity contribution < 1.29 is 13.2 Å². The second kappa shape index (κ2) is 5.53. The Morgan fingerprint density at radius 2 is 1.79 bits per heavy atom. The van der Waals surface area contributed by atoms with Crippen molar-refractivity contribution in [1.82, 2.24) is 0 Å². The van der Waals surface area contributed by atoms with Crippen LogP contribution in [0.4, 0.5) is 13.2 Å². The average molecular weight is 271 g/mol. The summed E-state index contributed by atoms with van der Waals surface area (Å²) in [6, 6.07) is 3.77. The number of hydrogen-bond donors (Lipinski definition) is 1. The molecule has 0 aromatic heterocycles. The summed E-state index contributed by atoms with van der Waals surface area (Å²) in [5.41, 5.74) is 7.16. The van der Waals surface area contributed by atoms with E-state index < -0.39 is 11.7 Å². The van der Waals surface area contributed by atoms with E-state index in [1.807, 2.05) is 0 Å². The number of hydrogen-bond acceptors (Lipinski definition) is 1. The van der Waals surface area contributed by atoms with Gasteiger partial charge in [-0.05, 0) is 48.9 Å². The Balaban J connectivity index is 2.20. The van der Waals surface area contributed by atoms with Crippen LogP contribution in [0, 0.1) is 12.8 Å². The molecule has 1 saturated carbocycles. The van der Waals surface area contributed by atoms with Crippen LogP contribution in [-0.4, -0.2) is 0 Å². The number of benzene rings is 1. The fourth-order valence-corrected chi connectivity index (χ4v) is 2.97. The van der Waals surface area contributed by atoms with Gasteiger partial charge in [0, 0.05) is 6.04 Å². The van der Waals surface area contributed by atoms with E-state index in [2.05, 4.69) is 0 Å². The summed E-state index contributed by atoms with van der Waals surface area (Å²) in [7, 11) is 0. The molecule has 0 bridgehead atoms. The van der Waals surface area contributed by atoms with Crippen LogP contribution >= 0.6 is 0 Å². The summed E-state index contributed by atoms with van der Waals surface area (Å²) >= 11 is 0. The van der Waals surface area contributed by atoms with Gasteiger partial charge in [-0.15, -0.1) is 0 Å². The van der Waals surface area contributed by atoms with Crippen LogP contribution in [0.1, 0.15) is 54.8 Å². The lowest BCUT2D eigenvalue weighted by molar-refractivity contribution is -0.137. The Kier molecular flexibility index (Phi) is 4.19. The molecule has 0 saturated heterocycles. The zero-order valence-electron chi connectivity index (χ0n) is 11.1. The molecule has 2 N–H and O–H groups in total. The molecule has 1 atom stereocenters. The number of halogens is 3. The van der Waals surface area contributed by atoms with Crippen LogP contribution in [0.3, 0.4) is 0 Å². The molecule has 0 aliphatic heterocycles. The van der Waals surface area contributed by atoms with Crippen LogP contribution in [0.15, 0.2) is 18.2 Å². The van der Waals surface area contributed by atoms with E-state index in [9.17, 15) is 13.2 Å². The molecule has 2 rings (SSSR count). The summed E-state index contributed by atoms with van der Waals surface area (Å²) in [4.78, 5) is 0. The van der Waals surface area contributed by atoms with Gasteiger partial charge in [0.05, 0.1) is 5.56 Å². The zero-order valence-corrected chi connectivity index (χ0v) is 11.1. The lowest BCUT2D eigenvalue weighted by Gasteiger charge is -2.29. The maximum atomic E-state index is 12.6. The minimum atomic E-state index is -4.28. The predicted octanol–water partition coefficient (Wildman–Crippen LogP) is 4.59. The van der Waals surface area contributed by atoms with Gasteiger partial charge in [-0.25, -0.2) is 0 Å². The van der Waals surface area contributed by atoms with Crippen molar-refractivity contribution in [2.24, 2.45) is 11.7 Å². The Hall–Kier alpha value is -1.03. The van der Waals surface area contributed by atoms with Crippen molar-refractivity contribution in [2.75, 3.05) is 0 Å². The van der Waals surface area contributed by atoms with Crippen LogP contribution in [-0.2, 0) is 6.18 Å². The first-order valence-corrected chi connectivity index (χ1v) is 6.83. The van der Waals surface area contributed by atoms with Gasteiger partial charge in [0.1, 0.15) is 0 Å². The molecular weight excluding hydrogens is 251 g/mol. The molecule has 1 aromatic rings. The minimum Gasteiger partial charge on any atom is -0.324 e. The molecule has 1 fully saturated rings. The number of alkyl halides is 3. The molecule has 0 amide bonds. The smallest absolute Gasteiger partial charge is 0.324 e. The molecule has 4 heteroatoms. The van der Waals surface area contributed by atoms with E-state index in [1.165, 1.54) is 25.3 Å².